The number of unbranched alkanes of at least 4 members (excludes halogenated alkanes) is 1. The lowest BCUT2D eigenvalue weighted by atomic mass is 10.1. The van der Waals surface area contributed by atoms with E-state index in [1.165, 1.54) is 0 Å². The summed E-state index contributed by atoms with van der Waals surface area (Å²) >= 11 is 0. The van der Waals surface area contributed by atoms with Crippen molar-refractivity contribution in [3.05, 3.63) is 90.0 Å². The predicted molar refractivity (Wildman–Crippen MR) is 142 cm³/mol. The van der Waals surface area contributed by atoms with E-state index in [1.54, 1.807) is 53.4 Å². The van der Waals surface area contributed by atoms with Gasteiger partial charge in [-0.1, -0.05) is 30.3 Å². The molecule has 0 spiro atoms. The first kappa shape index (κ1) is 27.4. The third-order valence-corrected chi connectivity index (χ3v) is 5.47. The molecule has 0 aliphatic carbocycles. The lowest BCUT2D eigenvalue weighted by molar-refractivity contribution is -0.121. The van der Waals surface area contributed by atoms with Gasteiger partial charge in [0.25, 0.3) is 0 Å². The van der Waals surface area contributed by atoms with Crippen molar-refractivity contribution < 1.29 is 24.2 Å². The summed E-state index contributed by atoms with van der Waals surface area (Å²) in [6.07, 6.45) is 1.62. The number of carbonyl (C=O) groups excluding carboxylic acids is 2. The smallest absolute Gasteiger partial charge is 0.335 e. The SMILES string of the molecule is NC(=O)CN(CCCCNCc1ccc(C(=O)O)cc1)CC(=O)Nc1ccc(Oc2ccccc2)cc1. The van der Waals surface area contributed by atoms with E-state index in [9.17, 15) is 14.4 Å². The van der Waals surface area contributed by atoms with E-state index >= 15 is 0 Å². The number of hydrogen-bond donors (Lipinski definition) is 4. The van der Waals surface area contributed by atoms with Gasteiger partial charge in [-0.15, -0.1) is 0 Å². The Balaban J connectivity index is 1.38. The maximum Gasteiger partial charge on any atom is 0.335 e. The Morgan fingerprint density at radius 2 is 1.51 bits per heavy atom. The molecule has 9 heteroatoms. The summed E-state index contributed by atoms with van der Waals surface area (Å²) in [6.45, 7) is 1.97. The number of primary amides is 1. The van der Waals surface area contributed by atoms with Gasteiger partial charge in [0.05, 0.1) is 18.7 Å². The quantitative estimate of drug-likeness (QED) is 0.233. The summed E-state index contributed by atoms with van der Waals surface area (Å²) in [5.74, 6) is -0.282. The Kier molecular flexibility index (Phi) is 10.6. The molecule has 37 heavy (non-hydrogen) atoms. The number of para-hydroxylation sites is 1. The number of amides is 2. The van der Waals surface area contributed by atoms with Crippen molar-refractivity contribution in [2.24, 2.45) is 5.73 Å². The number of carbonyl (C=O) groups is 3. The highest BCUT2D eigenvalue weighted by Gasteiger charge is 2.13. The molecule has 3 aromatic rings. The second kappa shape index (κ2) is 14.4. The largest absolute Gasteiger partial charge is 0.478 e. The molecule has 0 saturated heterocycles. The van der Waals surface area contributed by atoms with Gasteiger partial charge < -0.3 is 26.2 Å². The second-order valence-electron chi connectivity index (χ2n) is 8.55. The molecule has 0 fully saturated rings. The number of ether oxygens (including phenoxy) is 1. The zero-order valence-electron chi connectivity index (χ0n) is 20.6. The van der Waals surface area contributed by atoms with Gasteiger partial charge in [0, 0.05) is 12.2 Å². The molecule has 0 aromatic heterocycles. The average molecular weight is 505 g/mol. The van der Waals surface area contributed by atoms with Gasteiger partial charge in [-0.25, -0.2) is 4.79 Å². The molecule has 9 nitrogen and oxygen atoms in total. The Labute approximate surface area is 216 Å². The van der Waals surface area contributed by atoms with Crippen LogP contribution in [-0.4, -0.2) is 54.0 Å². The van der Waals surface area contributed by atoms with E-state index in [-0.39, 0.29) is 24.6 Å². The summed E-state index contributed by atoms with van der Waals surface area (Å²) in [6, 6.07) is 23.2. The van der Waals surface area contributed by atoms with Crippen molar-refractivity contribution >= 4 is 23.5 Å². The first-order valence-electron chi connectivity index (χ1n) is 12.1. The highest BCUT2D eigenvalue weighted by atomic mass is 16.5. The number of benzene rings is 3. The van der Waals surface area contributed by atoms with Gasteiger partial charge in [-0.3, -0.25) is 14.5 Å². The molecule has 0 radical (unpaired) electrons. The van der Waals surface area contributed by atoms with E-state index < -0.39 is 11.9 Å². The highest BCUT2D eigenvalue weighted by molar-refractivity contribution is 5.92. The standard InChI is InChI=1S/C28H32N4O5/c29-26(33)19-32(17-5-4-16-30-18-21-8-10-22(11-9-21)28(35)36)20-27(34)31-23-12-14-25(15-13-23)37-24-6-2-1-3-7-24/h1-3,6-15,30H,4-5,16-20H2,(H2,29,33)(H,31,34)(H,35,36). The van der Waals surface area contributed by atoms with Crippen LogP contribution < -0.4 is 21.1 Å². The van der Waals surface area contributed by atoms with Crippen LogP contribution in [0.3, 0.4) is 0 Å². The molecule has 0 heterocycles. The minimum absolute atomic E-state index is 0.000623. The van der Waals surface area contributed by atoms with Crippen LogP contribution in [0.2, 0.25) is 0 Å². The van der Waals surface area contributed by atoms with Crippen LogP contribution in [-0.2, 0) is 16.1 Å². The molecule has 3 rings (SSSR count). The van der Waals surface area contributed by atoms with Crippen LogP contribution in [0.15, 0.2) is 78.9 Å². The van der Waals surface area contributed by atoms with Crippen LogP contribution in [0, 0.1) is 0 Å². The number of carboxylic acids is 1. The van der Waals surface area contributed by atoms with Crippen LogP contribution in [0.1, 0.15) is 28.8 Å². The number of nitrogens with one attached hydrogen (secondary N) is 2. The lowest BCUT2D eigenvalue weighted by Crippen LogP contribution is -2.39. The molecule has 3 aromatic carbocycles. The molecular formula is C28H32N4O5. The topological polar surface area (TPSA) is 134 Å². The summed E-state index contributed by atoms with van der Waals surface area (Å²) in [7, 11) is 0. The van der Waals surface area contributed by atoms with Gasteiger partial charge in [0.15, 0.2) is 0 Å². The monoisotopic (exact) mass is 504 g/mol. The molecular weight excluding hydrogens is 472 g/mol. The molecule has 0 saturated carbocycles. The Bertz CT molecular complexity index is 1150. The number of anilines is 1. The molecule has 194 valence electrons. The second-order valence-corrected chi connectivity index (χ2v) is 8.55. The molecule has 0 atom stereocenters. The van der Waals surface area contributed by atoms with Gasteiger partial charge in [-0.05, 0) is 80.0 Å². The van der Waals surface area contributed by atoms with Gasteiger partial charge in [-0.2, -0.15) is 0 Å². The van der Waals surface area contributed by atoms with Crippen molar-refractivity contribution in [2.45, 2.75) is 19.4 Å². The predicted octanol–water partition coefficient (Wildman–Crippen LogP) is 3.47. The number of nitrogens with zero attached hydrogens (tertiary/aromatic N) is 1. The van der Waals surface area contributed by atoms with E-state index in [4.69, 9.17) is 15.6 Å². The lowest BCUT2D eigenvalue weighted by Gasteiger charge is -2.20. The van der Waals surface area contributed by atoms with Gasteiger partial charge >= 0.3 is 5.97 Å². The molecule has 0 aliphatic heterocycles. The summed E-state index contributed by atoms with van der Waals surface area (Å²) in [5, 5.41) is 15.1. The van der Waals surface area contributed by atoms with E-state index in [0.717, 1.165) is 30.7 Å². The fraction of sp³-hybridized carbons (Fsp3) is 0.250. The maximum atomic E-state index is 12.6. The van der Waals surface area contributed by atoms with Crippen LogP contribution >= 0.6 is 0 Å². The van der Waals surface area contributed by atoms with E-state index in [0.29, 0.717) is 24.5 Å². The Morgan fingerprint density at radius 3 is 2.16 bits per heavy atom. The molecule has 0 unspecified atom stereocenters. The molecule has 0 aliphatic rings. The normalized spacial score (nSPS) is 10.7. The van der Waals surface area contributed by atoms with Crippen molar-refractivity contribution in [1.82, 2.24) is 10.2 Å². The highest BCUT2D eigenvalue weighted by Crippen LogP contribution is 2.22. The Hall–Kier alpha value is -4.21. The van der Waals surface area contributed by atoms with E-state index in [2.05, 4.69) is 10.6 Å². The first-order chi connectivity index (χ1) is 17.9. The fourth-order valence-electron chi connectivity index (χ4n) is 3.65. The minimum atomic E-state index is -0.944. The molecule has 5 N–H and O–H groups in total. The maximum absolute atomic E-state index is 12.6. The van der Waals surface area contributed by atoms with Crippen LogP contribution in [0.4, 0.5) is 5.69 Å². The third-order valence-electron chi connectivity index (χ3n) is 5.47. The summed E-state index contributed by atoms with van der Waals surface area (Å²) in [4.78, 5) is 36.7. The fourth-order valence-corrected chi connectivity index (χ4v) is 3.65. The van der Waals surface area contributed by atoms with Crippen molar-refractivity contribution in [3.63, 3.8) is 0 Å². The van der Waals surface area contributed by atoms with Gasteiger partial charge in [0.2, 0.25) is 11.8 Å². The zero-order valence-corrected chi connectivity index (χ0v) is 20.6. The van der Waals surface area contributed by atoms with Crippen molar-refractivity contribution in [1.29, 1.82) is 0 Å². The number of rotatable bonds is 15. The van der Waals surface area contributed by atoms with Crippen molar-refractivity contribution in [3.8, 4) is 11.5 Å². The van der Waals surface area contributed by atoms with Crippen LogP contribution in [0.25, 0.3) is 0 Å². The summed E-state index contributed by atoms with van der Waals surface area (Å²) < 4.78 is 5.76. The van der Waals surface area contributed by atoms with Crippen LogP contribution in [0.5, 0.6) is 11.5 Å². The Morgan fingerprint density at radius 1 is 0.838 bits per heavy atom. The summed E-state index contributed by atoms with van der Waals surface area (Å²) in [5.41, 5.74) is 7.26. The number of carboxylic acid groups (broad SMARTS) is 1. The average Bonchev–Trinajstić information content (AvgIpc) is 2.87. The zero-order chi connectivity index (χ0) is 26.5. The molecule has 0 bridgehead atoms. The van der Waals surface area contributed by atoms with Crippen molar-refractivity contribution in [2.75, 3.05) is 31.5 Å². The van der Waals surface area contributed by atoms with E-state index in [1.807, 2.05) is 30.3 Å². The molecule has 2 amide bonds. The van der Waals surface area contributed by atoms with Gasteiger partial charge in [0.1, 0.15) is 11.5 Å². The minimum Gasteiger partial charge on any atom is -0.478 e. The first-order valence-corrected chi connectivity index (χ1v) is 12.1. The number of hydrogen-bond acceptors (Lipinski definition) is 6. The third kappa shape index (κ3) is 10.1. The number of nitrogens with two attached hydrogens (primary N) is 1. The number of aromatic carboxylic acids is 1.